The van der Waals surface area contributed by atoms with Gasteiger partial charge in [0.05, 0.1) is 29.0 Å². The van der Waals surface area contributed by atoms with E-state index in [1.54, 1.807) is 32.4 Å². The van der Waals surface area contributed by atoms with Crippen molar-refractivity contribution >= 4 is 28.0 Å². The second-order valence-electron chi connectivity index (χ2n) is 11.3. The molecule has 8 heteroatoms. The molecular weight excluding hydrogens is 548 g/mol. The molecule has 0 bridgehead atoms. The molecule has 0 saturated heterocycles. The Balaban J connectivity index is 0.000000157. The van der Waals surface area contributed by atoms with Gasteiger partial charge in [0, 0.05) is 38.5 Å². The van der Waals surface area contributed by atoms with Crippen molar-refractivity contribution in [3.05, 3.63) is 116 Å². The van der Waals surface area contributed by atoms with Gasteiger partial charge in [0.1, 0.15) is 34.0 Å². The summed E-state index contributed by atoms with van der Waals surface area (Å²) in [6, 6.07) is 22.2. The van der Waals surface area contributed by atoms with Crippen LogP contribution in [0.3, 0.4) is 0 Å². The van der Waals surface area contributed by atoms with Gasteiger partial charge in [-0.05, 0) is 49.8 Å². The number of fused-ring (bicyclic) bond motifs is 5. The lowest BCUT2D eigenvalue weighted by Crippen LogP contribution is -2.41. The van der Waals surface area contributed by atoms with Crippen LogP contribution in [0.5, 0.6) is 17.2 Å². The van der Waals surface area contributed by atoms with Crippen LogP contribution in [0.25, 0.3) is 28.0 Å². The molecule has 5 aromatic rings. The molecule has 8 nitrogen and oxygen atoms in total. The van der Waals surface area contributed by atoms with E-state index < -0.39 is 5.79 Å². The van der Waals surface area contributed by atoms with Gasteiger partial charge in [0.2, 0.25) is 5.79 Å². The molecule has 220 valence electrons. The lowest BCUT2D eigenvalue weighted by atomic mass is 9.83. The molecule has 0 aliphatic carbocycles. The summed E-state index contributed by atoms with van der Waals surface area (Å²) in [6.07, 6.45) is 4.49. The molecule has 2 atom stereocenters. The Morgan fingerprint density at radius 1 is 0.814 bits per heavy atom. The van der Waals surface area contributed by atoms with E-state index >= 15 is 0 Å². The van der Waals surface area contributed by atoms with Gasteiger partial charge in [-0.15, -0.1) is 0 Å². The molecule has 3 aromatic carbocycles. The van der Waals surface area contributed by atoms with Crippen LogP contribution in [-0.2, 0) is 4.74 Å². The Morgan fingerprint density at radius 3 is 2.30 bits per heavy atom. The minimum absolute atomic E-state index is 0.138. The molecule has 2 aliphatic heterocycles. The topological polar surface area (TPSA) is 97.3 Å². The van der Waals surface area contributed by atoms with E-state index in [0.29, 0.717) is 40.4 Å². The Kier molecular flexibility index (Phi) is 7.10. The largest absolute Gasteiger partial charge is 0.495 e. The number of hydrogen-bond donors (Lipinski definition) is 0. The molecule has 4 heterocycles. The van der Waals surface area contributed by atoms with Crippen LogP contribution in [0.2, 0.25) is 0 Å². The minimum atomic E-state index is -0.802. The zero-order valence-corrected chi connectivity index (χ0v) is 24.6. The van der Waals surface area contributed by atoms with E-state index in [0.717, 1.165) is 21.9 Å². The van der Waals surface area contributed by atoms with Gasteiger partial charge < -0.3 is 27.8 Å². The van der Waals surface area contributed by atoms with Crippen LogP contribution < -0.4 is 25.5 Å². The molecule has 0 saturated carbocycles. The quantitative estimate of drug-likeness (QED) is 0.209. The van der Waals surface area contributed by atoms with Crippen molar-refractivity contribution in [2.24, 2.45) is 0 Å². The average Bonchev–Trinajstić information content (AvgIpc) is 2.99. The summed E-state index contributed by atoms with van der Waals surface area (Å²) in [6.45, 7) is 5.82. The van der Waals surface area contributed by atoms with Crippen LogP contribution in [0, 0.1) is 0 Å². The summed E-state index contributed by atoms with van der Waals surface area (Å²) in [7, 11) is 3.22. The first kappa shape index (κ1) is 28.3. The first-order chi connectivity index (χ1) is 20.6. The number of methoxy groups -OCH3 is 2. The smallest absolute Gasteiger partial charge is 0.343 e. The fraction of sp³-hybridized carbons (Fsp3) is 0.257. The maximum Gasteiger partial charge on any atom is 0.343 e. The molecule has 0 spiro atoms. The first-order valence-corrected chi connectivity index (χ1v) is 14.0. The number of benzene rings is 3. The summed E-state index contributed by atoms with van der Waals surface area (Å²) in [5.41, 5.74) is 2.34. The number of ether oxygens (including phenoxy) is 4. The second kappa shape index (κ2) is 10.8. The minimum Gasteiger partial charge on any atom is -0.495 e. The predicted molar refractivity (Wildman–Crippen MR) is 164 cm³/mol. The van der Waals surface area contributed by atoms with Crippen molar-refractivity contribution in [3.8, 4) is 17.2 Å². The summed E-state index contributed by atoms with van der Waals surface area (Å²) < 4.78 is 33.8. The van der Waals surface area contributed by atoms with Crippen molar-refractivity contribution in [1.82, 2.24) is 0 Å². The maximum atomic E-state index is 12.7. The fourth-order valence-corrected chi connectivity index (χ4v) is 5.61. The summed E-state index contributed by atoms with van der Waals surface area (Å²) in [5.74, 6) is 0.936. The van der Waals surface area contributed by atoms with E-state index in [1.165, 1.54) is 6.07 Å². The van der Waals surface area contributed by atoms with Gasteiger partial charge in [-0.25, -0.2) is 9.59 Å². The first-order valence-electron chi connectivity index (χ1n) is 14.0. The second-order valence-corrected chi connectivity index (χ2v) is 11.3. The zero-order valence-electron chi connectivity index (χ0n) is 24.6. The van der Waals surface area contributed by atoms with Crippen LogP contribution in [-0.4, -0.2) is 25.6 Å². The lowest BCUT2D eigenvalue weighted by Gasteiger charge is -2.38. The number of rotatable bonds is 3. The third-order valence-corrected chi connectivity index (χ3v) is 7.78. The third kappa shape index (κ3) is 5.30. The van der Waals surface area contributed by atoms with E-state index in [1.807, 2.05) is 81.5 Å². The van der Waals surface area contributed by atoms with Crippen LogP contribution in [0.4, 0.5) is 0 Å². The van der Waals surface area contributed by atoms with Crippen molar-refractivity contribution in [2.75, 3.05) is 14.2 Å². The number of para-hydroxylation sites is 1. The SMILES string of the molecule is COC1(C)CC(c2ccccc2)c2c(c3ccccc3oc2=O)O1.COc1c2c(cc3oc(=O)ccc13)OC(C)(C)C=C2. The Hall–Kier alpha value is -4.82. The summed E-state index contributed by atoms with van der Waals surface area (Å²) >= 11 is 0. The van der Waals surface area contributed by atoms with Gasteiger partial charge in [0.15, 0.2) is 0 Å². The van der Waals surface area contributed by atoms with Crippen molar-refractivity contribution < 1.29 is 27.8 Å². The molecule has 0 fully saturated rings. The van der Waals surface area contributed by atoms with Crippen LogP contribution >= 0.6 is 0 Å². The highest BCUT2D eigenvalue weighted by atomic mass is 16.7. The fourth-order valence-electron chi connectivity index (χ4n) is 5.61. The summed E-state index contributed by atoms with van der Waals surface area (Å²) in [4.78, 5) is 24.0. The maximum absolute atomic E-state index is 12.7. The molecule has 2 unspecified atom stereocenters. The third-order valence-electron chi connectivity index (χ3n) is 7.78. The Bertz CT molecular complexity index is 1970. The normalized spacial score (nSPS) is 19.8. The summed E-state index contributed by atoms with van der Waals surface area (Å²) in [5, 5.41) is 1.55. The number of hydrogen-bond acceptors (Lipinski definition) is 8. The molecule has 0 radical (unpaired) electrons. The van der Waals surface area contributed by atoms with Gasteiger partial charge in [-0.2, -0.15) is 0 Å². The van der Waals surface area contributed by atoms with Gasteiger partial charge in [-0.3, -0.25) is 0 Å². The molecule has 7 rings (SSSR count). The Morgan fingerprint density at radius 2 is 1.56 bits per heavy atom. The molecular formula is C35H32O8. The highest BCUT2D eigenvalue weighted by Crippen LogP contribution is 2.46. The van der Waals surface area contributed by atoms with Gasteiger partial charge in [0.25, 0.3) is 0 Å². The molecule has 43 heavy (non-hydrogen) atoms. The molecule has 0 amide bonds. The standard InChI is InChI=1S/C20H18O4.C15H14O4/c1-20(22-2)12-15(13-8-4-3-5-9-13)17-18(24-20)14-10-6-7-11-16(14)23-19(17)21;1-15(2)7-6-10-12(19-15)8-11-9(14(10)17-3)4-5-13(16)18-11/h3-11,15H,12H2,1-2H3;4-8H,1-3H3. The average molecular weight is 581 g/mol. The molecule has 2 aliphatic rings. The van der Waals surface area contributed by atoms with Crippen LogP contribution in [0.1, 0.15) is 49.8 Å². The predicted octanol–water partition coefficient (Wildman–Crippen LogP) is 7.06. The molecule has 2 aromatic heterocycles. The van der Waals surface area contributed by atoms with E-state index in [9.17, 15) is 9.59 Å². The van der Waals surface area contributed by atoms with E-state index in [2.05, 4.69) is 0 Å². The highest BCUT2D eigenvalue weighted by Gasteiger charge is 2.41. The zero-order chi connectivity index (χ0) is 30.4. The Labute approximate surface area is 248 Å². The van der Waals surface area contributed by atoms with E-state index in [-0.39, 0.29) is 22.8 Å². The van der Waals surface area contributed by atoms with Gasteiger partial charge in [-0.1, -0.05) is 42.5 Å². The van der Waals surface area contributed by atoms with Crippen molar-refractivity contribution in [1.29, 1.82) is 0 Å². The van der Waals surface area contributed by atoms with Crippen LogP contribution in [0.15, 0.2) is 97.3 Å². The monoisotopic (exact) mass is 580 g/mol. The molecule has 0 N–H and O–H groups in total. The van der Waals surface area contributed by atoms with Crippen molar-refractivity contribution in [3.63, 3.8) is 0 Å². The van der Waals surface area contributed by atoms with E-state index in [4.69, 9.17) is 27.8 Å². The lowest BCUT2D eigenvalue weighted by molar-refractivity contribution is -0.163. The van der Waals surface area contributed by atoms with Gasteiger partial charge >= 0.3 is 11.3 Å². The highest BCUT2D eigenvalue weighted by molar-refractivity contribution is 5.91. The van der Waals surface area contributed by atoms with Crippen molar-refractivity contribution in [2.45, 2.75) is 44.5 Å².